The van der Waals surface area contributed by atoms with Crippen molar-refractivity contribution in [1.82, 2.24) is 0 Å². The summed E-state index contributed by atoms with van der Waals surface area (Å²) in [5, 5.41) is 1.65. The van der Waals surface area contributed by atoms with Gasteiger partial charge in [-0.15, -0.1) is 11.3 Å². The normalized spacial score (nSPS) is 11.9. The third-order valence-electron chi connectivity index (χ3n) is 0.880. The van der Waals surface area contributed by atoms with Crippen molar-refractivity contribution in [2.75, 3.05) is 0 Å². The highest BCUT2D eigenvalue weighted by atomic mass is 79.9. The Kier molecular flexibility index (Phi) is 3.03. The Morgan fingerprint density at radius 1 is 1.45 bits per heavy atom. The second kappa shape index (κ2) is 3.33. The van der Waals surface area contributed by atoms with Gasteiger partial charge in [-0.3, -0.25) is 0 Å². The van der Waals surface area contributed by atoms with Crippen LogP contribution in [0.4, 0.5) is 0 Å². The number of thiophene rings is 1. The first-order valence-corrected chi connectivity index (χ1v) is 7.07. The van der Waals surface area contributed by atoms with E-state index in [9.17, 15) is 8.42 Å². The highest BCUT2D eigenvalue weighted by Crippen LogP contribution is 2.37. The molecule has 0 fully saturated rings. The summed E-state index contributed by atoms with van der Waals surface area (Å²) in [6, 6.07) is 0. The minimum atomic E-state index is -3.60. The van der Waals surface area contributed by atoms with E-state index in [4.69, 9.17) is 10.7 Å². The molecule has 0 aliphatic rings. The lowest BCUT2D eigenvalue weighted by Crippen LogP contribution is -1.85. The van der Waals surface area contributed by atoms with E-state index in [1.54, 1.807) is 5.38 Å². The van der Waals surface area contributed by atoms with E-state index in [0.29, 0.717) is 8.95 Å². The first kappa shape index (κ1) is 9.98. The van der Waals surface area contributed by atoms with Gasteiger partial charge in [-0.05, 0) is 31.9 Å². The molecule has 0 N–H and O–H groups in total. The van der Waals surface area contributed by atoms with Crippen molar-refractivity contribution in [3.05, 3.63) is 14.3 Å². The van der Waals surface area contributed by atoms with Crippen LogP contribution in [0.5, 0.6) is 0 Å². The van der Waals surface area contributed by atoms with E-state index in [0.717, 1.165) is 11.3 Å². The highest BCUT2D eigenvalue weighted by molar-refractivity contribution is 9.13. The van der Waals surface area contributed by atoms with Gasteiger partial charge in [-0.25, -0.2) is 8.42 Å². The molecule has 0 bridgehead atoms. The zero-order valence-corrected chi connectivity index (χ0v) is 10.4. The molecule has 0 aliphatic heterocycles. The molecule has 0 aromatic carbocycles. The Balaban J connectivity index is 3.38. The molecule has 0 saturated carbocycles. The lowest BCUT2D eigenvalue weighted by atomic mass is 10.7. The predicted octanol–water partition coefficient (Wildman–Crippen LogP) is 3.20. The van der Waals surface area contributed by atoms with E-state index < -0.39 is 9.05 Å². The van der Waals surface area contributed by atoms with Gasteiger partial charge >= 0.3 is 0 Å². The van der Waals surface area contributed by atoms with E-state index in [2.05, 4.69) is 31.9 Å². The van der Waals surface area contributed by atoms with Crippen LogP contribution in [-0.2, 0) is 9.05 Å². The molecule has 0 radical (unpaired) electrons. The van der Waals surface area contributed by atoms with Crippen LogP contribution < -0.4 is 0 Å². The van der Waals surface area contributed by atoms with Crippen LogP contribution in [0, 0.1) is 0 Å². The summed E-state index contributed by atoms with van der Waals surface area (Å²) in [6.07, 6.45) is 0. The van der Waals surface area contributed by atoms with Gasteiger partial charge in [-0.2, -0.15) is 0 Å². The van der Waals surface area contributed by atoms with Crippen molar-refractivity contribution in [1.29, 1.82) is 0 Å². The van der Waals surface area contributed by atoms with Gasteiger partial charge in [0.1, 0.15) is 0 Å². The molecule has 7 heteroatoms. The monoisotopic (exact) mass is 338 g/mol. The Morgan fingerprint density at radius 3 is 2.18 bits per heavy atom. The smallest absolute Gasteiger partial charge is 0.206 e. The lowest BCUT2D eigenvalue weighted by molar-refractivity contribution is 0.611. The molecule has 1 rings (SSSR count). The first-order valence-electron chi connectivity index (χ1n) is 2.30. The molecule has 0 atom stereocenters. The Hall–Kier alpha value is 0.900. The molecule has 1 aromatic rings. The molecule has 11 heavy (non-hydrogen) atoms. The maximum absolute atomic E-state index is 10.8. The summed E-state index contributed by atoms with van der Waals surface area (Å²) in [5.74, 6) is 0. The van der Waals surface area contributed by atoms with Gasteiger partial charge in [0.05, 0.1) is 4.47 Å². The van der Waals surface area contributed by atoms with Crippen LogP contribution in [0.15, 0.2) is 18.5 Å². The van der Waals surface area contributed by atoms with Crippen molar-refractivity contribution in [3.63, 3.8) is 0 Å². The van der Waals surface area contributed by atoms with Gasteiger partial charge in [0.2, 0.25) is 0 Å². The molecule has 0 spiro atoms. The topological polar surface area (TPSA) is 34.1 Å². The summed E-state index contributed by atoms with van der Waals surface area (Å²) in [4.78, 5) is 0. The van der Waals surface area contributed by atoms with Crippen LogP contribution in [-0.4, -0.2) is 8.42 Å². The fourth-order valence-electron chi connectivity index (χ4n) is 0.471. The van der Waals surface area contributed by atoms with Crippen LogP contribution in [0.1, 0.15) is 0 Å². The summed E-state index contributed by atoms with van der Waals surface area (Å²) >= 11 is 7.30. The Morgan fingerprint density at radius 2 is 2.00 bits per heavy atom. The van der Waals surface area contributed by atoms with Gasteiger partial charge < -0.3 is 0 Å². The highest BCUT2D eigenvalue weighted by Gasteiger charge is 2.18. The molecule has 0 saturated heterocycles. The van der Waals surface area contributed by atoms with Crippen LogP contribution in [0.3, 0.4) is 0 Å². The van der Waals surface area contributed by atoms with E-state index in [1.807, 2.05) is 0 Å². The Labute approximate surface area is 89.2 Å². The molecule has 0 aliphatic carbocycles. The Bertz CT molecular complexity index is 369. The molecule has 1 heterocycles. The standard InChI is InChI=1S/C4HBr2ClO2S2/c5-2-1-10-4(3(2)6)11(7,8)9/h1H. The summed E-state index contributed by atoms with van der Waals surface area (Å²) in [5.41, 5.74) is 0. The van der Waals surface area contributed by atoms with Crippen molar-refractivity contribution in [3.8, 4) is 0 Å². The summed E-state index contributed by atoms with van der Waals surface area (Å²) < 4.78 is 22.9. The number of halogens is 3. The number of hydrogen-bond donors (Lipinski definition) is 0. The van der Waals surface area contributed by atoms with Crippen LogP contribution in [0.2, 0.25) is 0 Å². The summed E-state index contributed by atoms with van der Waals surface area (Å²) in [6.45, 7) is 0. The second-order valence-electron chi connectivity index (χ2n) is 1.62. The quantitative estimate of drug-likeness (QED) is 0.736. The van der Waals surface area contributed by atoms with Crippen molar-refractivity contribution < 1.29 is 8.42 Å². The maximum atomic E-state index is 10.8. The molecule has 1 aromatic heterocycles. The average molecular weight is 340 g/mol. The third-order valence-corrected chi connectivity index (χ3v) is 6.79. The van der Waals surface area contributed by atoms with E-state index >= 15 is 0 Å². The minimum Gasteiger partial charge on any atom is -0.206 e. The van der Waals surface area contributed by atoms with Crippen molar-refractivity contribution in [2.45, 2.75) is 4.21 Å². The third kappa shape index (κ3) is 2.18. The first-order chi connectivity index (χ1) is 4.93. The predicted molar refractivity (Wildman–Crippen MR) is 52.8 cm³/mol. The summed E-state index contributed by atoms with van der Waals surface area (Å²) in [7, 11) is 1.51. The molecule has 2 nitrogen and oxygen atoms in total. The fourth-order valence-corrected chi connectivity index (χ4v) is 4.71. The molecular formula is C4HBr2ClO2S2. The van der Waals surface area contributed by atoms with Crippen LogP contribution >= 0.6 is 53.9 Å². The van der Waals surface area contributed by atoms with Gasteiger partial charge in [0.15, 0.2) is 4.21 Å². The number of rotatable bonds is 1. The van der Waals surface area contributed by atoms with Gasteiger partial charge in [0, 0.05) is 20.5 Å². The fraction of sp³-hybridized carbons (Fsp3) is 0. The molecule has 0 unspecified atom stereocenters. The van der Waals surface area contributed by atoms with Crippen LogP contribution in [0.25, 0.3) is 0 Å². The van der Waals surface area contributed by atoms with E-state index in [1.165, 1.54) is 0 Å². The average Bonchev–Trinajstić information content (AvgIpc) is 2.11. The largest absolute Gasteiger partial charge is 0.271 e. The SMILES string of the molecule is O=S(=O)(Cl)c1scc(Br)c1Br. The van der Waals surface area contributed by atoms with Gasteiger partial charge in [-0.1, -0.05) is 0 Å². The number of hydrogen-bond acceptors (Lipinski definition) is 3. The van der Waals surface area contributed by atoms with E-state index in [-0.39, 0.29) is 4.21 Å². The molecule has 62 valence electrons. The van der Waals surface area contributed by atoms with Crippen molar-refractivity contribution in [2.24, 2.45) is 0 Å². The molecule has 0 amide bonds. The van der Waals surface area contributed by atoms with Crippen molar-refractivity contribution >= 4 is 62.9 Å². The maximum Gasteiger partial charge on any atom is 0.271 e. The lowest BCUT2D eigenvalue weighted by Gasteiger charge is -1.89. The minimum absolute atomic E-state index is 0.131. The zero-order valence-electron chi connectivity index (χ0n) is 4.84. The zero-order chi connectivity index (χ0) is 8.65. The molecular weight excluding hydrogens is 339 g/mol. The van der Waals surface area contributed by atoms with Gasteiger partial charge in [0.25, 0.3) is 9.05 Å². The second-order valence-corrected chi connectivity index (χ2v) is 6.91.